The molecule has 0 aliphatic heterocycles. The number of hydrogen-bond acceptors (Lipinski definition) is 3. The van der Waals surface area contributed by atoms with E-state index in [1.807, 2.05) is 20.8 Å². The Morgan fingerprint density at radius 2 is 2.00 bits per heavy atom. The Kier molecular flexibility index (Phi) is 3.66. The van der Waals surface area contributed by atoms with Crippen LogP contribution in [0.15, 0.2) is 18.2 Å². The Hall–Kier alpha value is -1.71. The maximum absolute atomic E-state index is 11.4. The first-order valence-corrected chi connectivity index (χ1v) is 5.43. The molecule has 1 rings (SSSR count). The number of carbonyl (C=O) groups is 1. The standard InChI is InChI=1S/C13H19NO3/c1-13(2,3)11(12(15)16)9-7-8(17-4)5-6-10(9)14/h5-7,11H,14H2,1-4H3,(H,15,16). The van der Waals surface area contributed by atoms with E-state index in [1.165, 1.54) is 0 Å². The first kappa shape index (κ1) is 13.4. The van der Waals surface area contributed by atoms with Gasteiger partial charge in [0, 0.05) is 5.69 Å². The summed E-state index contributed by atoms with van der Waals surface area (Å²) in [4.78, 5) is 11.4. The van der Waals surface area contributed by atoms with Gasteiger partial charge >= 0.3 is 5.97 Å². The van der Waals surface area contributed by atoms with Crippen molar-refractivity contribution < 1.29 is 14.6 Å². The summed E-state index contributed by atoms with van der Waals surface area (Å²) in [6.45, 7) is 5.64. The van der Waals surface area contributed by atoms with Gasteiger partial charge in [0.2, 0.25) is 0 Å². The van der Waals surface area contributed by atoms with Crippen LogP contribution < -0.4 is 10.5 Å². The van der Waals surface area contributed by atoms with Gasteiger partial charge in [0.25, 0.3) is 0 Å². The Bertz CT molecular complexity index is 421. The lowest BCUT2D eigenvalue weighted by Crippen LogP contribution is -2.27. The number of hydrogen-bond donors (Lipinski definition) is 2. The van der Waals surface area contributed by atoms with E-state index in [0.717, 1.165) is 0 Å². The molecule has 0 amide bonds. The molecule has 4 heteroatoms. The number of carboxylic acid groups (broad SMARTS) is 1. The molecule has 0 aliphatic rings. The Balaban J connectivity index is 3.32. The Morgan fingerprint density at radius 1 is 1.41 bits per heavy atom. The molecule has 0 saturated carbocycles. The van der Waals surface area contributed by atoms with Gasteiger partial charge in [0.1, 0.15) is 5.75 Å². The number of nitrogens with two attached hydrogens (primary N) is 1. The lowest BCUT2D eigenvalue weighted by molar-refractivity contribution is -0.141. The molecule has 17 heavy (non-hydrogen) atoms. The van der Waals surface area contributed by atoms with E-state index in [0.29, 0.717) is 17.0 Å². The molecule has 4 nitrogen and oxygen atoms in total. The zero-order valence-corrected chi connectivity index (χ0v) is 10.7. The fraction of sp³-hybridized carbons (Fsp3) is 0.462. The van der Waals surface area contributed by atoms with Gasteiger partial charge in [-0.2, -0.15) is 0 Å². The smallest absolute Gasteiger partial charge is 0.311 e. The highest BCUT2D eigenvalue weighted by Crippen LogP contribution is 2.39. The van der Waals surface area contributed by atoms with Crippen molar-refractivity contribution in [3.63, 3.8) is 0 Å². The number of anilines is 1. The van der Waals surface area contributed by atoms with Crippen molar-refractivity contribution in [2.45, 2.75) is 26.7 Å². The van der Waals surface area contributed by atoms with Crippen molar-refractivity contribution >= 4 is 11.7 Å². The minimum atomic E-state index is -0.877. The van der Waals surface area contributed by atoms with Crippen LogP contribution in [-0.2, 0) is 4.79 Å². The predicted molar refractivity (Wildman–Crippen MR) is 67.2 cm³/mol. The molecule has 3 N–H and O–H groups in total. The summed E-state index contributed by atoms with van der Waals surface area (Å²) in [5, 5.41) is 9.35. The molecule has 94 valence electrons. The highest BCUT2D eigenvalue weighted by molar-refractivity contribution is 5.80. The third kappa shape index (κ3) is 2.90. The van der Waals surface area contributed by atoms with Crippen molar-refractivity contribution in [2.24, 2.45) is 5.41 Å². The second-order valence-electron chi connectivity index (χ2n) is 5.13. The largest absolute Gasteiger partial charge is 0.497 e. The van der Waals surface area contributed by atoms with Crippen LogP contribution in [0.25, 0.3) is 0 Å². The fourth-order valence-electron chi connectivity index (χ4n) is 1.90. The predicted octanol–water partition coefficient (Wildman–Crippen LogP) is 2.49. The molecular weight excluding hydrogens is 218 g/mol. The molecule has 0 saturated heterocycles. The third-order valence-electron chi connectivity index (χ3n) is 2.72. The maximum atomic E-state index is 11.4. The highest BCUT2D eigenvalue weighted by atomic mass is 16.5. The van der Waals surface area contributed by atoms with Crippen LogP contribution in [0.3, 0.4) is 0 Å². The molecule has 1 unspecified atom stereocenters. The number of benzene rings is 1. The van der Waals surface area contributed by atoms with E-state index >= 15 is 0 Å². The van der Waals surface area contributed by atoms with Crippen molar-refractivity contribution in [1.82, 2.24) is 0 Å². The molecule has 0 aromatic heterocycles. The van der Waals surface area contributed by atoms with Gasteiger partial charge < -0.3 is 15.6 Å². The van der Waals surface area contributed by atoms with Gasteiger partial charge in [-0.05, 0) is 29.2 Å². The Labute approximate surface area is 101 Å². The van der Waals surface area contributed by atoms with Gasteiger partial charge in [0.15, 0.2) is 0 Å². The van der Waals surface area contributed by atoms with Crippen molar-refractivity contribution in [3.8, 4) is 5.75 Å². The Morgan fingerprint density at radius 3 is 2.41 bits per heavy atom. The van der Waals surface area contributed by atoms with Crippen LogP contribution in [0.5, 0.6) is 5.75 Å². The summed E-state index contributed by atoms with van der Waals surface area (Å²) in [5.41, 5.74) is 6.53. The first-order chi connectivity index (χ1) is 7.77. The minimum absolute atomic E-state index is 0.410. The summed E-state index contributed by atoms with van der Waals surface area (Å²) in [5.74, 6) is -0.917. The number of nitrogen functional groups attached to an aromatic ring is 1. The molecule has 0 spiro atoms. The van der Waals surface area contributed by atoms with Crippen molar-refractivity contribution in [3.05, 3.63) is 23.8 Å². The average molecular weight is 237 g/mol. The van der Waals surface area contributed by atoms with Crippen LogP contribution >= 0.6 is 0 Å². The van der Waals surface area contributed by atoms with Crippen molar-refractivity contribution in [1.29, 1.82) is 0 Å². The molecule has 0 aliphatic carbocycles. The number of methoxy groups -OCH3 is 1. The van der Waals surface area contributed by atoms with Crippen LogP contribution in [0, 0.1) is 5.41 Å². The van der Waals surface area contributed by atoms with E-state index in [4.69, 9.17) is 10.5 Å². The lowest BCUT2D eigenvalue weighted by Gasteiger charge is -2.28. The summed E-state index contributed by atoms with van der Waals surface area (Å²) in [6.07, 6.45) is 0. The molecule has 0 heterocycles. The quantitative estimate of drug-likeness (QED) is 0.792. The summed E-state index contributed by atoms with van der Waals surface area (Å²) < 4.78 is 5.10. The van der Waals surface area contributed by atoms with Gasteiger partial charge in [-0.25, -0.2) is 0 Å². The maximum Gasteiger partial charge on any atom is 0.311 e. The second kappa shape index (κ2) is 4.65. The van der Waals surface area contributed by atoms with Gasteiger partial charge in [-0.15, -0.1) is 0 Å². The number of ether oxygens (including phenoxy) is 1. The second-order valence-corrected chi connectivity index (χ2v) is 5.13. The van der Waals surface area contributed by atoms with Gasteiger partial charge in [0.05, 0.1) is 13.0 Å². The van der Waals surface area contributed by atoms with Crippen LogP contribution in [-0.4, -0.2) is 18.2 Å². The number of aliphatic carboxylic acids is 1. The van der Waals surface area contributed by atoms with E-state index in [2.05, 4.69) is 0 Å². The third-order valence-corrected chi connectivity index (χ3v) is 2.72. The van der Waals surface area contributed by atoms with Crippen LogP contribution in [0.4, 0.5) is 5.69 Å². The SMILES string of the molecule is COc1ccc(N)c(C(C(=O)O)C(C)(C)C)c1. The average Bonchev–Trinajstić information content (AvgIpc) is 2.18. The van der Waals surface area contributed by atoms with Crippen LogP contribution in [0.2, 0.25) is 0 Å². The summed E-state index contributed by atoms with van der Waals surface area (Å²) in [6, 6.07) is 5.09. The zero-order valence-electron chi connectivity index (χ0n) is 10.7. The fourth-order valence-corrected chi connectivity index (χ4v) is 1.90. The molecule has 1 aromatic carbocycles. The zero-order chi connectivity index (χ0) is 13.2. The van der Waals surface area contributed by atoms with E-state index in [9.17, 15) is 9.90 Å². The summed E-state index contributed by atoms with van der Waals surface area (Å²) >= 11 is 0. The van der Waals surface area contributed by atoms with E-state index in [-0.39, 0.29) is 0 Å². The van der Waals surface area contributed by atoms with Crippen molar-refractivity contribution in [2.75, 3.05) is 12.8 Å². The molecule has 0 radical (unpaired) electrons. The number of carboxylic acids is 1. The lowest BCUT2D eigenvalue weighted by atomic mass is 9.76. The molecule has 0 bridgehead atoms. The molecule has 1 atom stereocenters. The minimum Gasteiger partial charge on any atom is -0.497 e. The molecule has 0 fully saturated rings. The first-order valence-electron chi connectivity index (χ1n) is 5.43. The van der Waals surface area contributed by atoms with Crippen LogP contribution in [0.1, 0.15) is 32.3 Å². The van der Waals surface area contributed by atoms with E-state index in [1.54, 1.807) is 25.3 Å². The topological polar surface area (TPSA) is 72.5 Å². The highest BCUT2D eigenvalue weighted by Gasteiger charge is 2.34. The summed E-state index contributed by atoms with van der Waals surface area (Å²) in [7, 11) is 1.54. The monoisotopic (exact) mass is 237 g/mol. The number of rotatable bonds is 3. The molecular formula is C13H19NO3. The van der Waals surface area contributed by atoms with E-state index < -0.39 is 17.3 Å². The van der Waals surface area contributed by atoms with Gasteiger partial charge in [-0.3, -0.25) is 4.79 Å². The normalized spacial score (nSPS) is 13.2. The molecule has 1 aromatic rings. The van der Waals surface area contributed by atoms with Gasteiger partial charge in [-0.1, -0.05) is 20.8 Å².